The molecular formula is C16H16O2. The number of benzene rings is 2. The van der Waals surface area contributed by atoms with Gasteiger partial charge in [-0.3, -0.25) is 4.79 Å². The summed E-state index contributed by atoms with van der Waals surface area (Å²) in [5.74, 6) is 0.393. The van der Waals surface area contributed by atoms with Gasteiger partial charge in [-0.05, 0) is 43.0 Å². The molecule has 0 heterocycles. The summed E-state index contributed by atoms with van der Waals surface area (Å²) in [4.78, 5) is 11.1. The molecule has 18 heavy (non-hydrogen) atoms. The molecule has 0 aliphatic heterocycles. The summed E-state index contributed by atoms with van der Waals surface area (Å²) in [6, 6.07) is 15.0. The Morgan fingerprint density at radius 1 is 0.889 bits per heavy atom. The lowest BCUT2D eigenvalue weighted by Gasteiger charge is -2.03. The molecule has 2 aromatic carbocycles. The lowest BCUT2D eigenvalue weighted by atomic mass is 10.0. The van der Waals surface area contributed by atoms with Gasteiger partial charge in [0.2, 0.25) is 0 Å². The first-order valence-electron chi connectivity index (χ1n) is 6.03. The molecule has 0 aromatic heterocycles. The molecule has 2 aromatic rings. The van der Waals surface area contributed by atoms with Crippen molar-refractivity contribution in [3.63, 3.8) is 0 Å². The Balaban J connectivity index is 1.97. The number of carbonyl (C=O) groups excluding carboxylic acids is 1. The molecule has 0 bridgehead atoms. The lowest BCUT2D eigenvalue weighted by Crippen LogP contribution is -1.94. The zero-order chi connectivity index (χ0) is 13.0. The van der Waals surface area contributed by atoms with Gasteiger partial charge in [-0.25, -0.2) is 0 Å². The Kier molecular flexibility index (Phi) is 3.78. The molecule has 0 saturated heterocycles. The third kappa shape index (κ3) is 3.20. The molecule has 0 saturated carbocycles. The number of aryl methyl sites for hydroxylation is 2. The van der Waals surface area contributed by atoms with Crippen molar-refractivity contribution in [3.8, 4) is 5.75 Å². The fourth-order valence-electron chi connectivity index (χ4n) is 1.86. The predicted octanol–water partition coefficient (Wildman–Crippen LogP) is 3.38. The molecule has 0 fully saturated rings. The van der Waals surface area contributed by atoms with Crippen LogP contribution in [-0.4, -0.2) is 10.9 Å². The molecular weight excluding hydrogens is 224 g/mol. The van der Waals surface area contributed by atoms with Crippen LogP contribution in [0.15, 0.2) is 48.5 Å². The Hall–Kier alpha value is -2.09. The third-order valence-corrected chi connectivity index (χ3v) is 3.00. The topological polar surface area (TPSA) is 37.3 Å². The number of hydrogen-bond donors (Lipinski definition) is 1. The van der Waals surface area contributed by atoms with E-state index >= 15 is 0 Å². The molecule has 0 atom stereocenters. The number of ketones is 1. The molecule has 2 rings (SSSR count). The second-order valence-corrected chi connectivity index (χ2v) is 4.42. The smallest absolute Gasteiger partial charge is 0.159 e. The molecule has 0 unspecified atom stereocenters. The zero-order valence-electron chi connectivity index (χ0n) is 10.4. The Morgan fingerprint density at radius 2 is 1.33 bits per heavy atom. The minimum Gasteiger partial charge on any atom is -0.508 e. The van der Waals surface area contributed by atoms with Gasteiger partial charge in [0, 0.05) is 5.56 Å². The van der Waals surface area contributed by atoms with Crippen LogP contribution in [0.2, 0.25) is 0 Å². The van der Waals surface area contributed by atoms with Crippen molar-refractivity contribution in [2.75, 3.05) is 0 Å². The van der Waals surface area contributed by atoms with E-state index in [0.29, 0.717) is 5.75 Å². The Morgan fingerprint density at radius 3 is 1.78 bits per heavy atom. The second-order valence-electron chi connectivity index (χ2n) is 4.42. The van der Waals surface area contributed by atoms with Crippen LogP contribution in [0.25, 0.3) is 0 Å². The van der Waals surface area contributed by atoms with Crippen LogP contribution in [0, 0.1) is 0 Å². The highest BCUT2D eigenvalue weighted by Crippen LogP contribution is 2.13. The van der Waals surface area contributed by atoms with Crippen molar-refractivity contribution in [1.82, 2.24) is 0 Å². The maximum Gasteiger partial charge on any atom is 0.159 e. The molecule has 0 aliphatic rings. The predicted molar refractivity (Wildman–Crippen MR) is 72.0 cm³/mol. The van der Waals surface area contributed by atoms with Crippen molar-refractivity contribution in [1.29, 1.82) is 0 Å². The number of rotatable bonds is 4. The summed E-state index contributed by atoms with van der Waals surface area (Å²) < 4.78 is 0. The second kappa shape index (κ2) is 5.50. The number of phenolic OH excluding ortho intramolecular Hbond substituents is 1. The fraction of sp³-hybridized carbons (Fsp3) is 0.188. The highest BCUT2D eigenvalue weighted by Gasteiger charge is 2.00. The van der Waals surface area contributed by atoms with E-state index in [2.05, 4.69) is 0 Å². The van der Waals surface area contributed by atoms with Gasteiger partial charge in [0.15, 0.2) is 5.78 Å². The number of aromatic hydroxyl groups is 1. The quantitative estimate of drug-likeness (QED) is 0.832. The number of hydrogen-bond acceptors (Lipinski definition) is 2. The highest BCUT2D eigenvalue weighted by molar-refractivity contribution is 5.93. The maximum atomic E-state index is 11.1. The number of Topliss-reactive ketones (excluding diaryl/α,β-unsaturated/α-hetero) is 1. The van der Waals surface area contributed by atoms with Crippen molar-refractivity contribution in [3.05, 3.63) is 65.2 Å². The molecule has 0 spiro atoms. The summed E-state index contributed by atoms with van der Waals surface area (Å²) in [5, 5.41) is 9.19. The van der Waals surface area contributed by atoms with E-state index in [9.17, 15) is 9.90 Å². The maximum absolute atomic E-state index is 11.1. The van der Waals surface area contributed by atoms with Gasteiger partial charge in [-0.1, -0.05) is 36.4 Å². The van der Waals surface area contributed by atoms with E-state index in [1.807, 2.05) is 36.4 Å². The number of carbonyl (C=O) groups is 1. The first-order valence-corrected chi connectivity index (χ1v) is 6.03. The summed E-state index contributed by atoms with van der Waals surface area (Å²) in [5.41, 5.74) is 3.17. The monoisotopic (exact) mass is 240 g/mol. The van der Waals surface area contributed by atoms with Gasteiger partial charge < -0.3 is 5.11 Å². The van der Waals surface area contributed by atoms with Gasteiger partial charge in [0.1, 0.15) is 5.75 Å². The van der Waals surface area contributed by atoms with Crippen molar-refractivity contribution in [2.24, 2.45) is 0 Å². The molecule has 92 valence electrons. The van der Waals surface area contributed by atoms with Crippen LogP contribution >= 0.6 is 0 Å². The molecule has 2 nitrogen and oxygen atoms in total. The SMILES string of the molecule is CC(=O)c1ccc(CCc2ccc(O)cc2)cc1. The normalized spacial score (nSPS) is 10.3. The van der Waals surface area contributed by atoms with Crippen LogP contribution in [0.3, 0.4) is 0 Å². The van der Waals surface area contributed by atoms with Gasteiger partial charge in [-0.15, -0.1) is 0 Å². The third-order valence-electron chi connectivity index (χ3n) is 3.00. The van der Waals surface area contributed by atoms with E-state index < -0.39 is 0 Å². The van der Waals surface area contributed by atoms with Crippen molar-refractivity contribution in [2.45, 2.75) is 19.8 Å². The van der Waals surface area contributed by atoms with Crippen LogP contribution in [-0.2, 0) is 12.8 Å². The minimum atomic E-state index is 0.0973. The van der Waals surface area contributed by atoms with E-state index in [1.165, 1.54) is 11.1 Å². The molecule has 0 amide bonds. The lowest BCUT2D eigenvalue weighted by molar-refractivity contribution is 0.101. The van der Waals surface area contributed by atoms with Gasteiger partial charge in [0.05, 0.1) is 0 Å². The van der Waals surface area contributed by atoms with Crippen molar-refractivity contribution < 1.29 is 9.90 Å². The van der Waals surface area contributed by atoms with Gasteiger partial charge in [-0.2, -0.15) is 0 Å². The van der Waals surface area contributed by atoms with Gasteiger partial charge in [0.25, 0.3) is 0 Å². The van der Waals surface area contributed by atoms with Crippen LogP contribution < -0.4 is 0 Å². The fourth-order valence-corrected chi connectivity index (χ4v) is 1.86. The Bertz CT molecular complexity index is 524. The van der Waals surface area contributed by atoms with Crippen molar-refractivity contribution >= 4 is 5.78 Å². The van der Waals surface area contributed by atoms with E-state index in [-0.39, 0.29) is 5.78 Å². The van der Waals surface area contributed by atoms with Gasteiger partial charge >= 0.3 is 0 Å². The summed E-state index contributed by atoms with van der Waals surface area (Å²) in [6.45, 7) is 1.57. The summed E-state index contributed by atoms with van der Waals surface area (Å²) in [6.07, 6.45) is 1.86. The summed E-state index contributed by atoms with van der Waals surface area (Å²) >= 11 is 0. The van der Waals surface area contributed by atoms with E-state index in [1.54, 1.807) is 19.1 Å². The number of phenols is 1. The van der Waals surface area contributed by atoms with Crippen LogP contribution in [0.1, 0.15) is 28.4 Å². The summed E-state index contributed by atoms with van der Waals surface area (Å²) in [7, 11) is 0. The molecule has 1 N–H and O–H groups in total. The van der Waals surface area contributed by atoms with Crippen LogP contribution in [0.5, 0.6) is 5.75 Å². The van der Waals surface area contributed by atoms with E-state index in [4.69, 9.17) is 0 Å². The standard InChI is InChI=1S/C16H16O2/c1-12(17)15-8-4-13(5-9-15)2-3-14-6-10-16(18)11-7-14/h4-11,18H,2-3H2,1H3. The first kappa shape index (κ1) is 12.4. The average molecular weight is 240 g/mol. The van der Waals surface area contributed by atoms with E-state index in [0.717, 1.165) is 18.4 Å². The molecule has 0 radical (unpaired) electrons. The molecule has 0 aliphatic carbocycles. The average Bonchev–Trinajstić information content (AvgIpc) is 2.38. The molecule has 2 heteroatoms. The van der Waals surface area contributed by atoms with Crippen LogP contribution in [0.4, 0.5) is 0 Å². The minimum absolute atomic E-state index is 0.0973. The zero-order valence-corrected chi connectivity index (χ0v) is 10.4. The first-order chi connectivity index (χ1) is 8.65. The Labute approximate surface area is 107 Å². The highest BCUT2D eigenvalue weighted by atomic mass is 16.3. The largest absolute Gasteiger partial charge is 0.508 e.